The number of nitrogens with two attached hydrogens (primary N) is 1. The molecule has 106 valence electrons. The highest BCUT2D eigenvalue weighted by atomic mass is 16.5. The molecule has 0 aromatic carbocycles. The maximum atomic E-state index is 6.09. The summed E-state index contributed by atoms with van der Waals surface area (Å²) in [5, 5.41) is 0. The van der Waals surface area contributed by atoms with E-state index >= 15 is 0 Å². The molecule has 2 rings (SSSR count). The van der Waals surface area contributed by atoms with Crippen LogP contribution in [-0.2, 0) is 4.74 Å². The van der Waals surface area contributed by atoms with Gasteiger partial charge in [-0.25, -0.2) is 0 Å². The average molecular weight is 254 g/mol. The second kappa shape index (κ2) is 5.89. The molecule has 0 bridgehead atoms. The normalized spacial score (nSPS) is 34.8. The van der Waals surface area contributed by atoms with Gasteiger partial charge >= 0.3 is 0 Å². The fraction of sp³-hybridized carbons (Fsp3) is 1.00. The summed E-state index contributed by atoms with van der Waals surface area (Å²) in [4.78, 5) is 2.68. The van der Waals surface area contributed by atoms with Crippen molar-refractivity contribution in [3.63, 3.8) is 0 Å². The lowest BCUT2D eigenvalue weighted by molar-refractivity contribution is -0.0558. The number of hydrogen-bond donors (Lipinski definition) is 1. The van der Waals surface area contributed by atoms with E-state index in [1.807, 2.05) is 7.11 Å². The fourth-order valence-electron chi connectivity index (χ4n) is 3.75. The standard InChI is InChI=1S/C15H30N2O/c1-12(2)14-8-15(9-14,11-16)17-6-4-13(5-7-17)10-18-3/h12-14H,4-11,16H2,1-3H3. The van der Waals surface area contributed by atoms with Crippen molar-refractivity contribution in [2.45, 2.75) is 45.1 Å². The largest absolute Gasteiger partial charge is 0.384 e. The molecule has 0 amide bonds. The first-order valence-electron chi connectivity index (χ1n) is 7.55. The predicted octanol–water partition coefficient (Wildman–Crippen LogP) is 2.11. The highest BCUT2D eigenvalue weighted by Crippen LogP contribution is 2.46. The van der Waals surface area contributed by atoms with Crippen LogP contribution in [0.3, 0.4) is 0 Å². The highest BCUT2D eigenvalue weighted by Gasteiger charge is 2.48. The van der Waals surface area contributed by atoms with Gasteiger partial charge in [-0.1, -0.05) is 13.8 Å². The van der Waals surface area contributed by atoms with Crippen LogP contribution in [0, 0.1) is 17.8 Å². The summed E-state index contributed by atoms with van der Waals surface area (Å²) in [6, 6.07) is 0. The van der Waals surface area contributed by atoms with Gasteiger partial charge in [0.25, 0.3) is 0 Å². The first kappa shape index (κ1) is 14.3. The summed E-state index contributed by atoms with van der Waals surface area (Å²) in [6.45, 7) is 8.89. The first-order valence-corrected chi connectivity index (χ1v) is 7.55. The van der Waals surface area contributed by atoms with Crippen LogP contribution in [0.1, 0.15) is 39.5 Å². The number of likely N-dealkylation sites (tertiary alicyclic amines) is 1. The fourth-order valence-corrected chi connectivity index (χ4v) is 3.75. The summed E-state index contributed by atoms with van der Waals surface area (Å²) in [5.41, 5.74) is 6.43. The van der Waals surface area contributed by atoms with Crippen molar-refractivity contribution in [3.8, 4) is 0 Å². The molecule has 2 fully saturated rings. The third kappa shape index (κ3) is 2.73. The lowest BCUT2D eigenvalue weighted by Gasteiger charge is -2.57. The van der Waals surface area contributed by atoms with E-state index in [1.165, 1.54) is 38.8 Å². The van der Waals surface area contributed by atoms with Crippen molar-refractivity contribution in [1.82, 2.24) is 4.90 Å². The van der Waals surface area contributed by atoms with Gasteiger partial charge in [0.15, 0.2) is 0 Å². The van der Waals surface area contributed by atoms with Crippen molar-refractivity contribution >= 4 is 0 Å². The van der Waals surface area contributed by atoms with Crippen LogP contribution in [-0.4, -0.2) is 43.8 Å². The van der Waals surface area contributed by atoms with E-state index in [4.69, 9.17) is 10.5 Å². The maximum Gasteiger partial charge on any atom is 0.0491 e. The zero-order valence-corrected chi connectivity index (χ0v) is 12.3. The van der Waals surface area contributed by atoms with Gasteiger partial charge in [0, 0.05) is 25.8 Å². The minimum absolute atomic E-state index is 0.340. The molecule has 0 unspecified atom stereocenters. The Hall–Kier alpha value is -0.120. The van der Waals surface area contributed by atoms with E-state index in [0.717, 1.165) is 30.9 Å². The molecular weight excluding hydrogens is 224 g/mol. The number of hydrogen-bond acceptors (Lipinski definition) is 3. The smallest absolute Gasteiger partial charge is 0.0491 e. The summed E-state index contributed by atoms with van der Waals surface area (Å²) >= 11 is 0. The van der Waals surface area contributed by atoms with Gasteiger partial charge in [0.1, 0.15) is 0 Å². The minimum atomic E-state index is 0.340. The van der Waals surface area contributed by atoms with Gasteiger partial charge in [-0.2, -0.15) is 0 Å². The molecule has 0 aromatic heterocycles. The molecule has 1 aliphatic heterocycles. The second-order valence-electron chi connectivity index (χ2n) is 6.73. The zero-order chi connectivity index (χ0) is 13.2. The zero-order valence-electron chi connectivity index (χ0n) is 12.3. The summed E-state index contributed by atoms with van der Waals surface area (Å²) in [7, 11) is 1.81. The summed E-state index contributed by atoms with van der Waals surface area (Å²) in [6.07, 6.45) is 5.19. The van der Waals surface area contributed by atoms with Crippen molar-refractivity contribution in [2.75, 3.05) is 33.4 Å². The van der Waals surface area contributed by atoms with Crippen LogP contribution >= 0.6 is 0 Å². The Bertz CT molecular complexity index is 253. The second-order valence-corrected chi connectivity index (χ2v) is 6.73. The molecule has 0 atom stereocenters. The number of rotatable bonds is 5. The molecule has 2 aliphatic rings. The Morgan fingerprint density at radius 2 is 1.89 bits per heavy atom. The first-order chi connectivity index (χ1) is 8.61. The Morgan fingerprint density at radius 3 is 2.33 bits per heavy atom. The third-order valence-corrected chi connectivity index (χ3v) is 5.29. The molecule has 2 N–H and O–H groups in total. The maximum absolute atomic E-state index is 6.09. The molecular formula is C15H30N2O. The Balaban J connectivity index is 1.84. The predicted molar refractivity (Wildman–Crippen MR) is 75.5 cm³/mol. The molecule has 0 radical (unpaired) electrons. The lowest BCUT2D eigenvalue weighted by atomic mass is 9.62. The van der Waals surface area contributed by atoms with E-state index < -0.39 is 0 Å². The molecule has 1 saturated carbocycles. The van der Waals surface area contributed by atoms with E-state index in [0.29, 0.717) is 5.54 Å². The molecule has 18 heavy (non-hydrogen) atoms. The topological polar surface area (TPSA) is 38.5 Å². The van der Waals surface area contributed by atoms with Gasteiger partial charge in [0.2, 0.25) is 0 Å². The van der Waals surface area contributed by atoms with Crippen molar-refractivity contribution < 1.29 is 4.74 Å². The monoisotopic (exact) mass is 254 g/mol. The highest BCUT2D eigenvalue weighted by molar-refractivity contribution is 5.04. The molecule has 0 spiro atoms. The summed E-state index contributed by atoms with van der Waals surface area (Å²) < 4.78 is 5.27. The van der Waals surface area contributed by atoms with Crippen molar-refractivity contribution in [3.05, 3.63) is 0 Å². The Kier molecular flexibility index (Phi) is 4.68. The van der Waals surface area contributed by atoms with Gasteiger partial charge in [-0.05, 0) is 56.5 Å². The molecule has 0 aromatic rings. The Labute approximate surface area is 112 Å². The van der Waals surface area contributed by atoms with Gasteiger partial charge in [0.05, 0.1) is 0 Å². The molecule has 1 saturated heterocycles. The van der Waals surface area contributed by atoms with Crippen LogP contribution < -0.4 is 5.73 Å². The van der Waals surface area contributed by atoms with Gasteiger partial charge in [-0.3, -0.25) is 4.90 Å². The molecule has 1 aliphatic carbocycles. The number of piperidine rings is 1. The molecule has 3 nitrogen and oxygen atoms in total. The molecule has 3 heteroatoms. The van der Waals surface area contributed by atoms with E-state index in [1.54, 1.807) is 0 Å². The van der Waals surface area contributed by atoms with Crippen molar-refractivity contribution in [1.29, 1.82) is 0 Å². The Morgan fingerprint density at radius 1 is 1.28 bits per heavy atom. The van der Waals surface area contributed by atoms with Crippen LogP contribution in [0.15, 0.2) is 0 Å². The van der Waals surface area contributed by atoms with Crippen LogP contribution in [0.4, 0.5) is 0 Å². The SMILES string of the molecule is COCC1CCN(C2(CN)CC(C(C)C)C2)CC1. The number of ether oxygens (including phenoxy) is 1. The van der Waals surface area contributed by atoms with E-state index in [2.05, 4.69) is 18.7 Å². The third-order valence-electron chi connectivity index (χ3n) is 5.29. The number of methoxy groups -OCH3 is 1. The van der Waals surface area contributed by atoms with Crippen molar-refractivity contribution in [2.24, 2.45) is 23.5 Å². The van der Waals surface area contributed by atoms with Gasteiger partial charge in [-0.15, -0.1) is 0 Å². The lowest BCUT2D eigenvalue weighted by Crippen LogP contribution is -2.64. The van der Waals surface area contributed by atoms with E-state index in [-0.39, 0.29) is 0 Å². The van der Waals surface area contributed by atoms with Gasteiger partial charge < -0.3 is 10.5 Å². The quantitative estimate of drug-likeness (QED) is 0.816. The van der Waals surface area contributed by atoms with Crippen LogP contribution in [0.2, 0.25) is 0 Å². The number of nitrogens with zero attached hydrogens (tertiary/aromatic N) is 1. The summed E-state index contributed by atoms with van der Waals surface area (Å²) in [5.74, 6) is 2.48. The van der Waals surface area contributed by atoms with E-state index in [9.17, 15) is 0 Å². The minimum Gasteiger partial charge on any atom is -0.384 e. The van der Waals surface area contributed by atoms with Crippen LogP contribution in [0.25, 0.3) is 0 Å². The average Bonchev–Trinajstić information content (AvgIpc) is 2.30. The molecule has 1 heterocycles. The van der Waals surface area contributed by atoms with Crippen LogP contribution in [0.5, 0.6) is 0 Å².